The molecule has 0 bridgehead atoms. The third-order valence-electron chi connectivity index (χ3n) is 3.31. The third kappa shape index (κ3) is 3.51. The summed E-state index contributed by atoms with van der Waals surface area (Å²) in [5, 5.41) is 9.48. The second-order valence-electron chi connectivity index (χ2n) is 4.58. The van der Waals surface area contributed by atoms with E-state index in [1.807, 2.05) is 30.3 Å². The molecule has 1 unspecified atom stereocenters. The fourth-order valence-electron chi connectivity index (χ4n) is 2.09. The highest BCUT2D eigenvalue weighted by Crippen LogP contribution is 2.22. The Hall–Kier alpha value is -2.01. The lowest BCUT2D eigenvalue weighted by molar-refractivity contribution is 0.166. The summed E-state index contributed by atoms with van der Waals surface area (Å²) in [5.41, 5.74) is 1.04. The first-order valence-electron chi connectivity index (χ1n) is 6.59. The number of cyclic esters (lactones) is 1. The van der Waals surface area contributed by atoms with Gasteiger partial charge in [-0.15, -0.1) is 0 Å². The second-order valence-corrected chi connectivity index (χ2v) is 4.58. The zero-order chi connectivity index (χ0) is 14.4. The molecule has 1 aliphatic heterocycles. The molecule has 1 fully saturated rings. The minimum atomic E-state index is -0.314. The Morgan fingerprint density at radius 1 is 1.45 bits per heavy atom. The zero-order valence-electron chi connectivity index (χ0n) is 11.5. The molecule has 1 atom stereocenters. The van der Waals surface area contributed by atoms with Gasteiger partial charge < -0.3 is 14.6 Å². The number of benzene rings is 1. The van der Waals surface area contributed by atoms with E-state index in [2.05, 4.69) is 0 Å². The summed E-state index contributed by atoms with van der Waals surface area (Å²) in [6, 6.07) is 7.63. The van der Waals surface area contributed by atoms with Gasteiger partial charge in [-0.05, 0) is 24.1 Å². The van der Waals surface area contributed by atoms with E-state index in [0.717, 1.165) is 11.3 Å². The van der Waals surface area contributed by atoms with Crippen molar-refractivity contribution in [3.63, 3.8) is 0 Å². The first kappa shape index (κ1) is 14.4. The molecule has 108 valence electrons. The van der Waals surface area contributed by atoms with Crippen LogP contribution in [0.3, 0.4) is 0 Å². The van der Waals surface area contributed by atoms with Crippen molar-refractivity contribution in [2.45, 2.75) is 12.3 Å². The Kier molecular flexibility index (Phi) is 5.01. The molecule has 1 saturated heterocycles. The van der Waals surface area contributed by atoms with Gasteiger partial charge in [-0.25, -0.2) is 4.79 Å². The van der Waals surface area contributed by atoms with Crippen molar-refractivity contribution in [2.24, 2.45) is 0 Å². The van der Waals surface area contributed by atoms with E-state index in [4.69, 9.17) is 9.47 Å². The van der Waals surface area contributed by atoms with E-state index in [9.17, 15) is 9.90 Å². The SMILES string of the molecule is COc1ccc(C(CO)C/C=C/N2CCOC2=O)cc1. The van der Waals surface area contributed by atoms with Crippen LogP contribution in [0.25, 0.3) is 0 Å². The minimum absolute atomic E-state index is 0.00998. The number of carbonyl (C=O) groups is 1. The summed E-state index contributed by atoms with van der Waals surface area (Å²) in [6.07, 6.45) is 3.96. The number of methoxy groups -OCH3 is 1. The number of hydrogen-bond donors (Lipinski definition) is 1. The molecule has 0 spiro atoms. The van der Waals surface area contributed by atoms with Gasteiger partial charge in [-0.3, -0.25) is 4.90 Å². The van der Waals surface area contributed by atoms with Crippen molar-refractivity contribution in [1.29, 1.82) is 0 Å². The average molecular weight is 277 g/mol. The van der Waals surface area contributed by atoms with Gasteiger partial charge in [0.15, 0.2) is 0 Å². The van der Waals surface area contributed by atoms with Crippen molar-refractivity contribution in [3.8, 4) is 5.75 Å². The summed E-state index contributed by atoms with van der Waals surface area (Å²) in [4.78, 5) is 12.8. The third-order valence-corrected chi connectivity index (χ3v) is 3.31. The van der Waals surface area contributed by atoms with Crippen LogP contribution in [-0.4, -0.2) is 43.0 Å². The molecule has 5 heteroatoms. The van der Waals surface area contributed by atoms with Crippen molar-refractivity contribution >= 4 is 6.09 Å². The number of aliphatic hydroxyl groups excluding tert-OH is 1. The van der Waals surface area contributed by atoms with Gasteiger partial charge in [-0.2, -0.15) is 0 Å². The van der Waals surface area contributed by atoms with Crippen molar-refractivity contribution in [3.05, 3.63) is 42.1 Å². The smallest absolute Gasteiger partial charge is 0.413 e. The molecular formula is C15H19NO4. The maximum Gasteiger partial charge on any atom is 0.413 e. The monoisotopic (exact) mass is 277 g/mol. The van der Waals surface area contributed by atoms with E-state index >= 15 is 0 Å². The zero-order valence-corrected chi connectivity index (χ0v) is 11.5. The van der Waals surface area contributed by atoms with E-state index in [0.29, 0.717) is 19.6 Å². The summed E-state index contributed by atoms with van der Waals surface area (Å²) in [6.45, 7) is 1.08. The quantitative estimate of drug-likeness (QED) is 0.865. The van der Waals surface area contributed by atoms with Crippen LogP contribution in [0.15, 0.2) is 36.5 Å². The molecule has 5 nitrogen and oxygen atoms in total. The Labute approximate surface area is 118 Å². The lowest BCUT2D eigenvalue weighted by Crippen LogP contribution is -2.16. The largest absolute Gasteiger partial charge is 0.497 e. The lowest BCUT2D eigenvalue weighted by Gasteiger charge is -2.13. The Morgan fingerprint density at radius 3 is 2.75 bits per heavy atom. The number of aliphatic hydroxyl groups is 1. The number of rotatable bonds is 6. The Morgan fingerprint density at radius 2 is 2.20 bits per heavy atom. The summed E-state index contributed by atoms with van der Waals surface area (Å²) >= 11 is 0. The van der Waals surface area contributed by atoms with E-state index in [1.54, 1.807) is 13.3 Å². The first-order chi connectivity index (χ1) is 9.74. The van der Waals surface area contributed by atoms with Crippen LogP contribution in [0.5, 0.6) is 5.75 Å². The summed E-state index contributed by atoms with van der Waals surface area (Å²) in [7, 11) is 1.62. The van der Waals surface area contributed by atoms with Crippen LogP contribution in [-0.2, 0) is 4.74 Å². The van der Waals surface area contributed by atoms with Crippen LogP contribution >= 0.6 is 0 Å². The van der Waals surface area contributed by atoms with Gasteiger partial charge in [0.1, 0.15) is 12.4 Å². The molecule has 0 radical (unpaired) electrons. The van der Waals surface area contributed by atoms with E-state index in [1.165, 1.54) is 4.90 Å². The number of hydrogen-bond acceptors (Lipinski definition) is 4. The molecular weight excluding hydrogens is 258 g/mol. The van der Waals surface area contributed by atoms with Crippen LogP contribution < -0.4 is 4.74 Å². The van der Waals surface area contributed by atoms with Crippen molar-refractivity contribution < 1.29 is 19.4 Å². The van der Waals surface area contributed by atoms with Gasteiger partial charge in [0.05, 0.1) is 20.3 Å². The number of amides is 1. The normalized spacial score (nSPS) is 16.5. The molecule has 0 aromatic heterocycles. The molecule has 1 aliphatic rings. The van der Waals surface area contributed by atoms with Crippen molar-refractivity contribution in [2.75, 3.05) is 26.9 Å². The highest BCUT2D eigenvalue weighted by molar-refractivity contribution is 5.70. The number of nitrogens with zero attached hydrogens (tertiary/aromatic N) is 1. The first-order valence-corrected chi connectivity index (χ1v) is 6.59. The topological polar surface area (TPSA) is 59.0 Å². The van der Waals surface area contributed by atoms with Gasteiger partial charge in [0.2, 0.25) is 0 Å². The number of ether oxygens (including phenoxy) is 2. The maximum absolute atomic E-state index is 11.2. The Balaban J connectivity index is 1.94. The highest BCUT2D eigenvalue weighted by Gasteiger charge is 2.19. The van der Waals surface area contributed by atoms with Crippen LogP contribution in [0.4, 0.5) is 4.79 Å². The van der Waals surface area contributed by atoms with Crippen LogP contribution in [0.1, 0.15) is 17.9 Å². The fraction of sp³-hybridized carbons (Fsp3) is 0.400. The summed E-state index contributed by atoms with van der Waals surface area (Å²) in [5.74, 6) is 0.802. The Bertz CT molecular complexity index is 469. The molecule has 2 rings (SSSR count). The molecule has 1 N–H and O–H groups in total. The predicted molar refractivity (Wildman–Crippen MR) is 74.6 cm³/mol. The van der Waals surface area contributed by atoms with E-state index in [-0.39, 0.29) is 18.6 Å². The number of carbonyl (C=O) groups excluding carboxylic acids is 1. The van der Waals surface area contributed by atoms with E-state index < -0.39 is 0 Å². The average Bonchev–Trinajstić information content (AvgIpc) is 2.89. The molecule has 1 amide bonds. The number of allylic oxidation sites excluding steroid dienone is 1. The lowest BCUT2D eigenvalue weighted by atomic mass is 9.96. The van der Waals surface area contributed by atoms with Gasteiger partial charge in [-0.1, -0.05) is 18.2 Å². The maximum atomic E-state index is 11.2. The van der Waals surface area contributed by atoms with Gasteiger partial charge in [0, 0.05) is 12.1 Å². The highest BCUT2D eigenvalue weighted by atomic mass is 16.6. The molecule has 0 saturated carbocycles. The molecule has 0 aliphatic carbocycles. The van der Waals surface area contributed by atoms with Gasteiger partial charge in [0.25, 0.3) is 0 Å². The minimum Gasteiger partial charge on any atom is -0.497 e. The fourth-order valence-corrected chi connectivity index (χ4v) is 2.09. The molecule has 1 heterocycles. The van der Waals surface area contributed by atoms with Crippen LogP contribution in [0, 0.1) is 0 Å². The van der Waals surface area contributed by atoms with Crippen molar-refractivity contribution in [1.82, 2.24) is 4.90 Å². The molecule has 1 aromatic carbocycles. The molecule has 20 heavy (non-hydrogen) atoms. The predicted octanol–water partition coefficient (Wildman–Crippen LogP) is 2.13. The standard InChI is InChI=1S/C15H19NO4/c1-19-14-6-4-12(5-7-14)13(11-17)3-2-8-16-9-10-20-15(16)18/h2,4-8,13,17H,3,9-11H2,1H3/b8-2+. The summed E-state index contributed by atoms with van der Waals surface area (Å²) < 4.78 is 9.94. The van der Waals surface area contributed by atoms with Crippen LogP contribution in [0.2, 0.25) is 0 Å². The molecule has 1 aromatic rings. The second kappa shape index (κ2) is 6.96. The van der Waals surface area contributed by atoms with Gasteiger partial charge >= 0.3 is 6.09 Å².